The van der Waals surface area contributed by atoms with Crippen LogP contribution >= 0.6 is 11.6 Å². The van der Waals surface area contributed by atoms with Crippen LogP contribution in [0.15, 0.2) is 0 Å². The van der Waals surface area contributed by atoms with Crippen LogP contribution in [0, 0.1) is 5.92 Å². The number of rotatable bonds is 4. The van der Waals surface area contributed by atoms with E-state index in [-0.39, 0.29) is 18.8 Å². The smallest absolute Gasteiger partial charge is 0.248 e. The topological polar surface area (TPSA) is 30.7 Å². The van der Waals surface area contributed by atoms with Gasteiger partial charge in [0.1, 0.15) is 11.6 Å². The quantitative estimate of drug-likeness (QED) is 0.786. The van der Waals surface area contributed by atoms with Crippen molar-refractivity contribution in [2.45, 2.75) is 63.8 Å². The van der Waals surface area contributed by atoms with E-state index in [2.05, 4.69) is 24.0 Å². The lowest BCUT2D eigenvalue weighted by atomic mass is 9.86. The Morgan fingerprint density at radius 3 is 2.47 bits per heavy atom. The predicted molar refractivity (Wildman–Crippen MR) is 70.6 cm³/mol. The molecule has 108 valence electrons. The number of alkyl halides is 3. The average Bonchev–Trinajstić information content (AvgIpc) is 2.71. The normalized spacial score (nSPS) is 20.1. The number of nitrogens with zero attached hydrogens (tertiary/aromatic N) is 3. The lowest BCUT2D eigenvalue weighted by molar-refractivity contribution is -0.0390. The Labute approximate surface area is 117 Å². The van der Waals surface area contributed by atoms with Crippen molar-refractivity contribution in [3.05, 3.63) is 11.6 Å². The maximum absolute atomic E-state index is 13.2. The fourth-order valence-corrected chi connectivity index (χ4v) is 2.81. The SMILES string of the molecule is CC(C)Cn1c(CCl)nnc1C1CCC(F)(F)CC1. The van der Waals surface area contributed by atoms with Gasteiger partial charge in [-0.25, -0.2) is 8.78 Å². The van der Waals surface area contributed by atoms with Gasteiger partial charge in [-0.1, -0.05) is 13.8 Å². The van der Waals surface area contributed by atoms with E-state index in [4.69, 9.17) is 11.6 Å². The zero-order valence-corrected chi connectivity index (χ0v) is 12.1. The van der Waals surface area contributed by atoms with E-state index >= 15 is 0 Å². The van der Waals surface area contributed by atoms with E-state index in [1.807, 2.05) is 4.57 Å². The first-order valence-electron chi connectivity index (χ1n) is 6.78. The molecule has 1 aliphatic rings. The summed E-state index contributed by atoms with van der Waals surface area (Å²) in [7, 11) is 0. The van der Waals surface area contributed by atoms with Crippen molar-refractivity contribution in [2.24, 2.45) is 5.92 Å². The molecule has 1 heterocycles. The summed E-state index contributed by atoms with van der Waals surface area (Å²) in [4.78, 5) is 0. The van der Waals surface area contributed by atoms with E-state index in [0.29, 0.717) is 24.6 Å². The van der Waals surface area contributed by atoms with E-state index in [9.17, 15) is 8.78 Å². The fourth-order valence-electron chi connectivity index (χ4n) is 2.61. The highest BCUT2D eigenvalue weighted by Crippen LogP contribution is 2.40. The molecular formula is C13H20ClF2N3. The van der Waals surface area contributed by atoms with Crippen LogP contribution in [-0.4, -0.2) is 20.7 Å². The summed E-state index contributed by atoms with van der Waals surface area (Å²) < 4.78 is 28.4. The second-order valence-corrected chi connectivity index (χ2v) is 6.01. The highest BCUT2D eigenvalue weighted by molar-refractivity contribution is 6.16. The van der Waals surface area contributed by atoms with Gasteiger partial charge in [-0.05, 0) is 18.8 Å². The van der Waals surface area contributed by atoms with E-state index in [0.717, 1.165) is 18.2 Å². The van der Waals surface area contributed by atoms with Gasteiger partial charge in [0.2, 0.25) is 5.92 Å². The first kappa shape index (κ1) is 14.7. The van der Waals surface area contributed by atoms with Crippen molar-refractivity contribution in [3.8, 4) is 0 Å². The molecule has 1 aromatic rings. The second-order valence-electron chi connectivity index (χ2n) is 5.74. The lowest BCUT2D eigenvalue weighted by Crippen LogP contribution is -2.25. The second kappa shape index (κ2) is 5.73. The molecule has 0 atom stereocenters. The van der Waals surface area contributed by atoms with Crippen LogP contribution in [0.1, 0.15) is 57.1 Å². The fraction of sp³-hybridized carbons (Fsp3) is 0.846. The lowest BCUT2D eigenvalue weighted by Gasteiger charge is -2.28. The number of hydrogen-bond donors (Lipinski definition) is 0. The maximum atomic E-state index is 13.2. The van der Waals surface area contributed by atoms with Gasteiger partial charge in [0, 0.05) is 25.3 Å². The Bertz CT molecular complexity index is 422. The Morgan fingerprint density at radius 2 is 1.95 bits per heavy atom. The van der Waals surface area contributed by atoms with Crippen LogP contribution in [0.5, 0.6) is 0 Å². The first-order valence-corrected chi connectivity index (χ1v) is 7.32. The molecule has 0 bridgehead atoms. The van der Waals surface area contributed by atoms with Crippen LogP contribution in [0.2, 0.25) is 0 Å². The summed E-state index contributed by atoms with van der Waals surface area (Å²) in [5, 5.41) is 8.29. The molecule has 1 aromatic heterocycles. The zero-order chi connectivity index (χ0) is 14.0. The highest BCUT2D eigenvalue weighted by Gasteiger charge is 2.37. The third-order valence-electron chi connectivity index (χ3n) is 3.61. The Morgan fingerprint density at radius 1 is 1.32 bits per heavy atom. The van der Waals surface area contributed by atoms with Gasteiger partial charge in [0.25, 0.3) is 0 Å². The molecule has 6 heteroatoms. The van der Waals surface area contributed by atoms with Gasteiger partial charge < -0.3 is 4.57 Å². The highest BCUT2D eigenvalue weighted by atomic mass is 35.5. The third kappa shape index (κ3) is 3.44. The summed E-state index contributed by atoms with van der Waals surface area (Å²) in [6.45, 7) is 5.00. The summed E-state index contributed by atoms with van der Waals surface area (Å²) in [6.07, 6.45) is 0.849. The average molecular weight is 292 g/mol. The van der Waals surface area contributed by atoms with Gasteiger partial charge in [-0.2, -0.15) is 0 Å². The van der Waals surface area contributed by atoms with E-state index in [1.54, 1.807) is 0 Å². The predicted octanol–water partition coefficient (Wildman–Crippen LogP) is 3.97. The van der Waals surface area contributed by atoms with Crippen LogP contribution in [0.3, 0.4) is 0 Å². The molecule has 0 saturated heterocycles. The van der Waals surface area contributed by atoms with Crippen molar-refractivity contribution in [1.82, 2.24) is 14.8 Å². The number of aromatic nitrogens is 3. The molecule has 0 radical (unpaired) electrons. The first-order chi connectivity index (χ1) is 8.93. The van der Waals surface area contributed by atoms with Crippen LogP contribution in [-0.2, 0) is 12.4 Å². The summed E-state index contributed by atoms with van der Waals surface area (Å²) >= 11 is 5.87. The van der Waals surface area contributed by atoms with Crippen LogP contribution < -0.4 is 0 Å². The molecule has 0 spiro atoms. The Hall–Kier alpha value is -0.710. The molecule has 0 N–H and O–H groups in total. The van der Waals surface area contributed by atoms with Crippen molar-refractivity contribution in [2.75, 3.05) is 0 Å². The molecule has 3 nitrogen and oxygen atoms in total. The van der Waals surface area contributed by atoms with Gasteiger partial charge in [-0.15, -0.1) is 21.8 Å². The molecule has 0 aliphatic heterocycles. The molecule has 0 amide bonds. The van der Waals surface area contributed by atoms with Gasteiger partial charge in [0.15, 0.2) is 0 Å². The van der Waals surface area contributed by atoms with Gasteiger partial charge >= 0.3 is 0 Å². The van der Waals surface area contributed by atoms with Crippen LogP contribution in [0.4, 0.5) is 8.78 Å². The molecule has 19 heavy (non-hydrogen) atoms. The summed E-state index contributed by atoms with van der Waals surface area (Å²) in [6, 6.07) is 0. The molecule has 1 saturated carbocycles. The standard InChI is InChI=1S/C13H20ClF2N3/c1-9(2)8-19-11(7-14)17-18-12(19)10-3-5-13(15,16)6-4-10/h9-10H,3-8H2,1-2H3. The van der Waals surface area contributed by atoms with Crippen molar-refractivity contribution in [1.29, 1.82) is 0 Å². The Kier molecular flexibility index (Phi) is 4.43. The largest absolute Gasteiger partial charge is 0.313 e. The van der Waals surface area contributed by atoms with Crippen molar-refractivity contribution < 1.29 is 8.78 Å². The third-order valence-corrected chi connectivity index (χ3v) is 3.84. The van der Waals surface area contributed by atoms with Crippen molar-refractivity contribution >= 4 is 11.6 Å². The van der Waals surface area contributed by atoms with Crippen molar-refractivity contribution in [3.63, 3.8) is 0 Å². The summed E-state index contributed by atoms with van der Waals surface area (Å²) in [5.74, 6) is -0.0933. The number of halogens is 3. The maximum Gasteiger partial charge on any atom is 0.248 e. The van der Waals surface area contributed by atoms with Gasteiger partial charge in [0.05, 0.1) is 5.88 Å². The van der Waals surface area contributed by atoms with E-state index in [1.165, 1.54) is 0 Å². The molecule has 1 fully saturated rings. The minimum Gasteiger partial charge on any atom is -0.313 e. The molecule has 0 unspecified atom stereocenters. The monoisotopic (exact) mass is 291 g/mol. The molecule has 2 rings (SSSR count). The zero-order valence-electron chi connectivity index (χ0n) is 11.4. The Balaban J connectivity index is 2.18. The van der Waals surface area contributed by atoms with Gasteiger partial charge in [-0.3, -0.25) is 0 Å². The van der Waals surface area contributed by atoms with E-state index < -0.39 is 5.92 Å². The minimum atomic E-state index is -2.51. The van der Waals surface area contributed by atoms with Crippen LogP contribution in [0.25, 0.3) is 0 Å². The molecule has 0 aromatic carbocycles. The molecule has 1 aliphatic carbocycles. The summed E-state index contributed by atoms with van der Waals surface area (Å²) in [5.41, 5.74) is 0. The number of hydrogen-bond acceptors (Lipinski definition) is 2. The molecular weight excluding hydrogens is 272 g/mol. The minimum absolute atomic E-state index is 0.0532.